The third-order valence-electron chi connectivity index (χ3n) is 4.49. The summed E-state index contributed by atoms with van der Waals surface area (Å²) in [6, 6.07) is 0. The summed E-state index contributed by atoms with van der Waals surface area (Å²) in [6.45, 7) is 9.50. The Morgan fingerprint density at radius 1 is 1.27 bits per heavy atom. The van der Waals surface area contributed by atoms with Crippen LogP contribution in [0.3, 0.4) is 0 Å². The molecule has 1 heterocycles. The zero-order valence-corrected chi connectivity index (χ0v) is 16.8. The number of rotatable bonds is 6. The first-order valence-corrected chi connectivity index (χ1v) is 10.7. The molecule has 0 saturated carbocycles. The van der Waals surface area contributed by atoms with Gasteiger partial charge in [-0.2, -0.15) is 0 Å². The highest BCUT2D eigenvalue weighted by Crippen LogP contribution is 2.35. The molecular formula is C19H27NO5S. The smallest absolute Gasteiger partial charge is 0.353 e. The van der Waals surface area contributed by atoms with Crippen molar-refractivity contribution >= 4 is 15.8 Å². The van der Waals surface area contributed by atoms with Gasteiger partial charge in [-0.1, -0.05) is 11.6 Å². The number of hydrogen-bond acceptors (Lipinski definition) is 6. The maximum absolute atomic E-state index is 12.2. The van der Waals surface area contributed by atoms with Crippen LogP contribution in [0.15, 0.2) is 46.2 Å². The van der Waals surface area contributed by atoms with E-state index in [1.807, 2.05) is 13.0 Å². The molecule has 0 aromatic heterocycles. The van der Waals surface area contributed by atoms with E-state index in [9.17, 15) is 13.2 Å². The lowest BCUT2D eigenvalue weighted by Gasteiger charge is -2.35. The second-order valence-corrected chi connectivity index (χ2v) is 8.26. The number of fused-ring (bicyclic) bond motifs is 1. The van der Waals surface area contributed by atoms with Crippen molar-refractivity contribution in [2.75, 3.05) is 26.0 Å². The highest BCUT2D eigenvalue weighted by molar-refractivity contribution is 7.95. The molecule has 1 aliphatic carbocycles. The Balaban J connectivity index is 2.50. The average molecular weight is 381 g/mol. The average Bonchev–Trinajstić information content (AvgIpc) is 2.54. The number of hydrogen-bond donors (Lipinski definition) is 0. The fourth-order valence-electron chi connectivity index (χ4n) is 3.19. The van der Waals surface area contributed by atoms with Crippen LogP contribution in [0.2, 0.25) is 0 Å². The molecule has 144 valence electrons. The van der Waals surface area contributed by atoms with Crippen molar-refractivity contribution < 1.29 is 22.7 Å². The van der Waals surface area contributed by atoms with Crippen LogP contribution < -0.4 is 0 Å². The second kappa shape index (κ2) is 8.12. The standard InChI is InChI=1S/C19H27NO5S/c1-6-20(7-2)14-9-10-15-13(4)11-17(25-16(15)12-14)18(26(5,22)23)19(21)24-8-3/h9-12,15-16H,6-8H2,1-5H3/b18-17+. The summed E-state index contributed by atoms with van der Waals surface area (Å²) in [6.07, 6.45) is 8.36. The van der Waals surface area contributed by atoms with Gasteiger partial charge >= 0.3 is 5.97 Å². The molecule has 0 fully saturated rings. The van der Waals surface area contributed by atoms with Gasteiger partial charge in [0.05, 0.1) is 6.61 Å². The molecule has 1 aliphatic heterocycles. The SMILES string of the molecule is CCOC(=O)/C(=C1/C=C(C)C2C=CC(N(CC)CC)=CC2O1)S(C)(=O)=O. The van der Waals surface area contributed by atoms with Crippen molar-refractivity contribution in [3.8, 4) is 0 Å². The molecule has 2 unspecified atom stereocenters. The zero-order valence-electron chi connectivity index (χ0n) is 16.0. The first kappa shape index (κ1) is 20.3. The topological polar surface area (TPSA) is 72.9 Å². The molecule has 2 rings (SSSR count). The van der Waals surface area contributed by atoms with Crippen molar-refractivity contribution in [3.05, 3.63) is 46.2 Å². The molecule has 0 radical (unpaired) electrons. The molecular weight excluding hydrogens is 354 g/mol. The minimum Gasteiger partial charge on any atom is -0.484 e. The largest absolute Gasteiger partial charge is 0.484 e. The van der Waals surface area contributed by atoms with Gasteiger partial charge in [0.15, 0.2) is 14.7 Å². The van der Waals surface area contributed by atoms with Crippen molar-refractivity contribution in [1.82, 2.24) is 4.90 Å². The molecule has 26 heavy (non-hydrogen) atoms. The summed E-state index contributed by atoms with van der Waals surface area (Å²) >= 11 is 0. The van der Waals surface area contributed by atoms with Crippen LogP contribution in [0.4, 0.5) is 0 Å². The van der Waals surface area contributed by atoms with Crippen molar-refractivity contribution in [3.63, 3.8) is 0 Å². The highest BCUT2D eigenvalue weighted by atomic mass is 32.2. The van der Waals surface area contributed by atoms with Crippen LogP contribution in [0.5, 0.6) is 0 Å². The van der Waals surface area contributed by atoms with E-state index < -0.39 is 20.7 Å². The molecule has 2 aliphatic rings. The van der Waals surface area contributed by atoms with E-state index >= 15 is 0 Å². The Kier molecular flexibility index (Phi) is 6.34. The Hall–Kier alpha value is -2.02. The Morgan fingerprint density at radius 2 is 1.92 bits per heavy atom. The van der Waals surface area contributed by atoms with Gasteiger partial charge in [0.25, 0.3) is 0 Å². The van der Waals surface area contributed by atoms with E-state index in [1.54, 1.807) is 13.0 Å². The van der Waals surface area contributed by atoms with Gasteiger partial charge in [-0.3, -0.25) is 0 Å². The summed E-state index contributed by atoms with van der Waals surface area (Å²) in [5, 5.41) is 0. The van der Waals surface area contributed by atoms with Gasteiger partial charge in [0, 0.05) is 31.0 Å². The molecule has 0 N–H and O–H groups in total. The van der Waals surface area contributed by atoms with Gasteiger partial charge < -0.3 is 14.4 Å². The van der Waals surface area contributed by atoms with E-state index in [4.69, 9.17) is 9.47 Å². The Bertz CT molecular complexity index is 785. The normalized spacial score (nSPS) is 24.0. The second-order valence-electron chi connectivity index (χ2n) is 6.31. The maximum Gasteiger partial charge on any atom is 0.353 e. The van der Waals surface area contributed by atoms with Gasteiger partial charge in [-0.15, -0.1) is 0 Å². The number of esters is 1. The van der Waals surface area contributed by atoms with Crippen LogP contribution in [0, 0.1) is 5.92 Å². The predicted octanol–water partition coefficient (Wildman–Crippen LogP) is 2.56. The number of likely N-dealkylation sites (N-methyl/N-ethyl adjacent to an activating group) is 1. The van der Waals surface area contributed by atoms with Crippen molar-refractivity contribution in [2.24, 2.45) is 5.92 Å². The van der Waals surface area contributed by atoms with Crippen LogP contribution in [-0.4, -0.2) is 51.3 Å². The molecule has 7 heteroatoms. The Labute approximate surface area is 155 Å². The summed E-state index contributed by atoms with van der Waals surface area (Å²) in [5.41, 5.74) is 1.97. The number of ether oxygens (including phenoxy) is 2. The summed E-state index contributed by atoms with van der Waals surface area (Å²) in [7, 11) is -3.80. The monoisotopic (exact) mass is 381 g/mol. The number of nitrogens with zero attached hydrogens (tertiary/aromatic N) is 1. The lowest BCUT2D eigenvalue weighted by molar-refractivity contribution is -0.137. The Morgan fingerprint density at radius 3 is 2.46 bits per heavy atom. The molecule has 6 nitrogen and oxygen atoms in total. The van der Waals surface area contributed by atoms with Gasteiger partial charge in [-0.05, 0) is 45.9 Å². The van der Waals surface area contributed by atoms with E-state index in [0.29, 0.717) is 0 Å². The molecule has 0 spiro atoms. The van der Waals surface area contributed by atoms with Gasteiger partial charge in [-0.25, -0.2) is 13.2 Å². The lowest BCUT2D eigenvalue weighted by Crippen LogP contribution is -2.32. The number of carbonyl (C=O) groups excluding carboxylic acids is 1. The number of allylic oxidation sites excluding steroid dienone is 2. The van der Waals surface area contributed by atoms with Gasteiger partial charge in [0.1, 0.15) is 11.9 Å². The lowest BCUT2D eigenvalue weighted by atomic mass is 9.87. The summed E-state index contributed by atoms with van der Waals surface area (Å²) in [5.74, 6) is -0.817. The van der Waals surface area contributed by atoms with Crippen LogP contribution in [-0.2, 0) is 24.1 Å². The summed E-state index contributed by atoms with van der Waals surface area (Å²) < 4.78 is 35.2. The first-order valence-electron chi connectivity index (χ1n) is 8.84. The third kappa shape index (κ3) is 4.20. The highest BCUT2D eigenvalue weighted by Gasteiger charge is 2.35. The minimum atomic E-state index is -3.80. The van der Waals surface area contributed by atoms with Crippen LogP contribution >= 0.6 is 0 Å². The van der Waals surface area contributed by atoms with Gasteiger partial charge in [0.2, 0.25) is 0 Å². The van der Waals surface area contributed by atoms with E-state index in [-0.39, 0.29) is 24.4 Å². The zero-order chi connectivity index (χ0) is 19.5. The number of carbonyl (C=O) groups is 1. The van der Waals surface area contributed by atoms with Crippen LogP contribution in [0.25, 0.3) is 0 Å². The van der Waals surface area contributed by atoms with Crippen molar-refractivity contribution in [1.29, 1.82) is 0 Å². The summed E-state index contributed by atoms with van der Waals surface area (Å²) in [4.78, 5) is 14.0. The molecule has 0 saturated heterocycles. The fourth-order valence-corrected chi connectivity index (χ4v) is 4.03. The minimum absolute atomic E-state index is 0.0149. The van der Waals surface area contributed by atoms with Crippen LogP contribution in [0.1, 0.15) is 27.7 Å². The molecule has 0 aromatic rings. The molecule has 0 aromatic carbocycles. The van der Waals surface area contributed by atoms with E-state index in [1.165, 1.54) is 0 Å². The third-order valence-corrected chi connectivity index (χ3v) is 5.60. The van der Waals surface area contributed by atoms with E-state index in [0.717, 1.165) is 30.6 Å². The van der Waals surface area contributed by atoms with Crippen molar-refractivity contribution in [2.45, 2.75) is 33.8 Å². The quantitative estimate of drug-likeness (QED) is 0.520. The van der Waals surface area contributed by atoms with E-state index in [2.05, 4.69) is 30.9 Å². The molecule has 0 amide bonds. The fraction of sp³-hybridized carbons (Fsp3) is 0.526. The predicted molar refractivity (Wildman–Crippen MR) is 101 cm³/mol. The molecule has 0 bridgehead atoms. The maximum atomic E-state index is 12.2. The molecule has 2 atom stereocenters. The first-order chi connectivity index (χ1) is 12.2. The number of sulfone groups is 1.